The molecule has 0 saturated heterocycles. The van der Waals surface area contributed by atoms with Crippen molar-refractivity contribution in [3.63, 3.8) is 0 Å². The number of ether oxygens (including phenoxy) is 1. The van der Waals surface area contributed by atoms with E-state index in [0.29, 0.717) is 13.1 Å². The van der Waals surface area contributed by atoms with Crippen molar-refractivity contribution in [2.45, 2.75) is 38.5 Å². The molecule has 0 bridgehead atoms. The molecule has 21 heavy (non-hydrogen) atoms. The summed E-state index contributed by atoms with van der Waals surface area (Å²) in [5.74, 6) is -0.876. The van der Waals surface area contributed by atoms with Crippen molar-refractivity contribution in [1.82, 2.24) is 4.90 Å². The summed E-state index contributed by atoms with van der Waals surface area (Å²) in [6, 6.07) is 6.93. The van der Waals surface area contributed by atoms with Gasteiger partial charge in [-0.25, -0.2) is 0 Å². The minimum absolute atomic E-state index is 0.0528. The van der Waals surface area contributed by atoms with Gasteiger partial charge < -0.3 is 14.9 Å². The molecule has 1 heterocycles. The predicted octanol–water partition coefficient (Wildman–Crippen LogP) is 1.46. The van der Waals surface area contributed by atoms with Gasteiger partial charge in [-0.1, -0.05) is 24.3 Å². The lowest BCUT2D eigenvalue weighted by atomic mass is 9.92. The van der Waals surface area contributed by atoms with E-state index in [1.807, 2.05) is 43.0 Å². The molecule has 0 spiro atoms. The fourth-order valence-corrected chi connectivity index (χ4v) is 2.73. The summed E-state index contributed by atoms with van der Waals surface area (Å²) in [7, 11) is 0. The lowest BCUT2D eigenvalue weighted by Gasteiger charge is -2.35. The molecule has 2 N–H and O–H groups in total. The van der Waals surface area contributed by atoms with E-state index in [0.717, 1.165) is 17.5 Å². The van der Waals surface area contributed by atoms with Gasteiger partial charge in [-0.3, -0.25) is 9.69 Å². The summed E-state index contributed by atoms with van der Waals surface area (Å²) in [4.78, 5) is 13.4. The Bertz CT molecular complexity index is 489. The predicted molar refractivity (Wildman–Crippen MR) is 79.2 cm³/mol. The van der Waals surface area contributed by atoms with E-state index in [-0.39, 0.29) is 12.7 Å². The average molecular weight is 293 g/mol. The van der Waals surface area contributed by atoms with Crippen molar-refractivity contribution < 1.29 is 19.7 Å². The summed E-state index contributed by atoms with van der Waals surface area (Å²) in [5.41, 5.74) is 1.90. The van der Waals surface area contributed by atoms with Crippen LogP contribution in [0.3, 0.4) is 0 Å². The van der Waals surface area contributed by atoms with E-state index >= 15 is 0 Å². The van der Waals surface area contributed by atoms with E-state index in [1.54, 1.807) is 0 Å². The number of carboxylic acid groups (broad SMARTS) is 1. The van der Waals surface area contributed by atoms with Crippen molar-refractivity contribution in [3.05, 3.63) is 35.4 Å². The number of aliphatic hydroxyl groups excluding tert-OH is 1. The zero-order valence-corrected chi connectivity index (χ0v) is 12.5. The number of carbonyl (C=O) groups is 1. The SMILES string of the molecule is CC(C)OCC(O)CN1CCc2ccccc2C1C(=O)O. The van der Waals surface area contributed by atoms with Crippen molar-refractivity contribution in [2.75, 3.05) is 19.7 Å². The van der Waals surface area contributed by atoms with Crippen LogP contribution in [0.4, 0.5) is 0 Å². The largest absolute Gasteiger partial charge is 0.480 e. The van der Waals surface area contributed by atoms with Gasteiger partial charge in [0.15, 0.2) is 0 Å². The molecular weight excluding hydrogens is 270 g/mol. The molecule has 0 aromatic heterocycles. The zero-order valence-electron chi connectivity index (χ0n) is 12.5. The van der Waals surface area contributed by atoms with Crippen molar-refractivity contribution in [1.29, 1.82) is 0 Å². The van der Waals surface area contributed by atoms with Crippen LogP contribution in [0, 0.1) is 0 Å². The highest BCUT2D eigenvalue weighted by atomic mass is 16.5. The first kappa shape index (κ1) is 15.9. The van der Waals surface area contributed by atoms with E-state index < -0.39 is 18.1 Å². The highest BCUT2D eigenvalue weighted by Gasteiger charge is 2.33. The number of hydrogen-bond donors (Lipinski definition) is 2. The van der Waals surface area contributed by atoms with Crippen LogP contribution in [0.5, 0.6) is 0 Å². The molecule has 5 nitrogen and oxygen atoms in total. The molecule has 0 amide bonds. The van der Waals surface area contributed by atoms with Crippen LogP contribution in [0.1, 0.15) is 31.0 Å². The van der Waals surface area contributed by atoms with Crippen LogP contribution in [0.25, 0.3) is 0 Å². The third kappa shape index (κ3) is 4.03. The van der Waals surface area contributed by atoms with Crippen molar-refractivity contribution in [3.8, 4) is 0 Å². The van der Waals surface area contributed by atoms with Gasteiger partial charge in [-0.05, 0) is 31.4 Å². The third-order valence-electron chi connectivity index (χ3n) is 3.68. The Morgan fingerprint density at radius 1 is 1.43 bits per heavy atom. The molecule has 1 aromatic rings. The van der Waals surface area contributed by atoms with Gasteiger partial charge in [0, 0.05) is 13.1 Å². The van der Waals surface area contributed by atoms with E-state index in [1.165, 1.54) is 0 Å². The maximum Gasteiger partial charge on any atom is 0.325 e. The fourth-order valence-electron chi connectivity index (χ4n) is 2.73. The van der Waals surface area contributed by atoms with Crippen LogP contribution in [-0.4, -0.2) is 53.0 Å². The highest BCUT2D eigenvalue weighted by Crippen LogP contribution is 2.29. The maximum absolute atomic E-state index is 11.6. The van der Waals surface area contributed by atoms with Gasteiger partial charge >= 0.3 is 5.97 Å². The zero-order chi connectivity index (χ0) is 15.4. The first-order chi connectivity index (χ1) is 9.99. The Balaban J connectivity index is 2.08. The molecule has 0 radical (unpaired) electrons. The lowest BCUT2D eigenvalue weighted by Crippen LogP contribution is -2.44. The number of rotatable bonds is 6. The van der Waals surface area contributed by atoms with Gasteiger partial charge in [-0.2, -0.15) is 0 Å². The first-order valence-electron chi connectivity index (χ1n) is 7.33. The van der Waals surface area contributed by atoms with Gasteiger partial charge in [0.1, 0.15) is 6.04 Å². The Morgan fingerprint density at radius 2 is 2.14 bits per heavy atom. The van der Waals surface area contributed by atoms with Crippen LogP contribution in [0.15, 0.2) is 24.3 Å². The molecule has 2 unspecified atom stereocenters. The first-order valence-corrected chi connectivity index (χ1v) is 7.33. The van der Waals surface area contributed by atoms with Crippen LogP contribution in [-0.2, 0) is 16.0 Å². The van der Waals surface area contributed by atoms with Gasteiger partial charge in [-0.15, -0.1) is 0 Å². The van der Waals surface area contributed by atoms with Crippen LogP contribution < -0.4 is 0 Å². The van der Waals surface area contributed by atoms with Gasteiger partial charge in [0.2, 0.25) is 0 Å². The van der Waals surface area contributed by atoms with E-state index in [4.69, 9.17) is 4.74 Å². The quantitative estimate of drug-likeness (QED) is 0.831. The molecule has 0 fully saturated rings. The normalized spacial score (nSPS) is 20.3. The molecule has 2 rings (SSSR count). The molecule has 0 saturated carbocycles. The third-order valence-corrected chi connectivity index (χ3v) is 3.68. The lowest BCUT2D eigenvalue weighted by molar-refractivity contribution is -0.145. The molecule has 0 aliphatic carbocycles. The van der Waals surface area contributed by atoms with Crippen molar-refractivity contribution in [2.24, 2.45) is 0 Å². The fraction of sp³-hybridized carbons (Fsp3) is 0.562. The number of fused-ring (bicyclic) bond motifs is 1. The van der Waals surface area contributed by atoms with Crippen LogP contribution in [0.2, 0.25) is 0 Å². The second-order valence-corrected chi connectivity index (χ2v) is 5.72. The molecule has 116 valence electrons. The summed E-state index contributed by atoms with van der Waals surface area (Å²) in [6.07, 6.45) is 0.175. The topological polar surface area (TPSA) is 70.0 Å². The summed E-state index contributed by atoms with van der Waals surface area (Å²) in [6.45, 7) is 4.97. The van der Waals surface area contributed by atoms with E-state index in [9.17, 15) is 15.0 Å². The Labute approximate surface area is 125 Å². The molecule has 1 aromatic carbocycles. The Morgan fingerprint density at radius 3 is 2.81 bits per heavy atom. The van der Waals surface area contributed by atoms with Gasteiger partial charge in [0.25, 0.3) is 0 Å². The minimum atomic E-state index is -0.876. The smallest absolute Gasteiger partial charge is 0.325 e. The number of carboxylic acids is 1. The number of aliphatic hydroxyl groups is 1. The summed E-state index contributed by atoms with van der Waals surface area (Å²) < 4.78 is 5.39. The minimum Gasteiger partial charge on any atom is -0.480 e. The average Bonchev–Trinajstić information content (AvgIpc) is 2.44. The Kier molecular flexibility index (Phi) is 5.33. The number of β-amino-alcohol motifs (C(OH)–C–C–N with tert-alkyl or cyclic N) is 1. The number of hydrogen-bond acceptors (Lipinski definition) is 4. The van der Waals surface area contributed by atoms with E-state index in [2.05, 4.69) is 0 Å². The number of aliphatic carboxylic acids is 1. The summed E-state index contributed by atoms with van der Waals surface area (Å²) in [5, 5.41) is 19.6. The van der Waals surface area contributed by atoms with Gasteiger partial charge in [0.05, 0.1) is 18.8 Å². The monoisotopic (exact) mass is 293 g/mol. The Hall–Kier alpha value is -1.43. The highest BCUT2D eigenvalue weighted by molar-refractivity contribution is 5.76. The standard InChI is InChI=1S/C16H23NO4/c1-11(2)21-10-13(18)9-17-8-7-12-5-3-4-6-14(12)15(17)16(19)20/h3-6,11,13,15,18H,7-10H2,1-2H3,(H,19,20). The second kappa shape index (κ2) is 7.02. The van der Waals surface area contributed by atoms with Crippen molar-refractivity contribution >= 4 is 5.97 Å². The van der Waals surface area contributed by atoms with Crippen LogP contribution >= 0.6 is 0 Å². The molecule has 1 aliphatic heterocycles. The molecule has 5 heteroatoms. The molecule has 1 aliphatic rings. The maximum atomic E-state index is 11.6. The summed E-state index contributed by atoms with van der Waals surface area (Å²) >= 11 is 0. The number of nitrogens with zero attached hydrogens (tertiary/aromatic N) is 1. The number of benzene rings is 1. The second-order valence-electron chi connectivity index (χ2n) is 5.72. The molecule has 2 atom stereocenters. The molecular formula is C16H23NO4.